The number of hydrogen-bond acceptors (Lipinski definition) is 3. The Balaban J connectivity index is 2.39. The highest BCUT2D eigenvalue weighted by Crippen LogP contribution is 2.33. The quantitative estimate of drug-likeness (QED) is 0.659. The van der Waals surface area contributed by atoms with Crippen LogP contribution in [-0.2, 0) is 0 Å². The molecule has 2 rings (SSSR count). The minimum atomic E-state index is -0.310. The Morgan fingerprint density at radius 2 is 2.47 bits per heavy atom. The van der Waals surface area contributed by atoms with E-state index in [4.69, 9.17) is 10.00 Å². The van der Waals surface area contributed by atoms with Gasteiger partial charge in [0.2, 0.25) is 0 Å². The highest BCUT2D eigenvalue weighted by atomic mass is 19.1. The zero-order valence-electron chi connectivity index (χ0n) is 8.40. The van der Waals surface area contributed by atoms with E-state index in [0.29, 0.717) is 18.0 Å². The van der Waals surface area contributed by atoms with Crippen LogP contribution in [0.25, 0.3) is 0 Å². The van der Waals surface area contributed by atoms with Crippen molar-refractivity contribution in [2.75, 3.05) is 18.0 Å². The van der Waals surface area contributed by atoms with Gasteiger partial charge in [-0.25, -0.2) is 4.39 Å². The van der Waals surface area contributed by atoms with Gasteiger partial charge in [0.1, 0.15) is 24.2 Å². The maximum absolute atomic E-state index is 13.0. The van der Waals surface area contributed by atoms with Crippen LogP contribution in [-0.4, -0.2) is 19.2 Å². The predicted molar refractivity (Wildman–Crippen MR) is 54.3 cm³/mol. The van der Waals surface area contributed by atoms with Crippen LogP contribution in [0.15, 0.2) is 18.2 Å². The van der Waals surface area contributed by atoms with Crippen molar-refractivity contribution in [3.8, 4) is 11.8 Å². The third-order valence-electron chi connectivity index (χ3n) is 2.33. The van der Waals surface area contributed by atoms with Crippen molar-refractivity contribution in [3.63, 3.8) is 0 Å². The first kappa shape index (κ1) is 9.78. The summed E-state index contributed by atoms with van der Waals surface area (Å²) in [5.41, 5.74) is 0.662. The van der Waals surface area contributed by atoms with Gasteiger partial charge in [0, 0.05) is 6.07 Å². The van der Waals surface area contributed by atoms with Gasteiger partial charge in [0.25, 0.3) is 0 Å². The number of nitriles is 1. The molecule has 15 heavy (non-hydrogen) atoms. The van der Waals surface area contributed by atoms with Crippen molar-refractivity contribution in [1.82, 2.24) is 0 Å². The molecule has 0 bridgehead atoms. The summed E-state index contributed by atoms with van der Waals surface area (Å²) in [5.74, 6) is 0.334. The summed E-state index contributed by atoms with van der Waals surface area (Å²) in [6.45, 7) is 2.80. The Labute approximate surface area is 87.7 Å². The van der Waals surface area contributed by atoms with Gasteiger partial charge < -0.3 is 9.64 Å². The lowest BCUT2D eigenvalue weighted by molar-refractivity contribution is 0.213. The molecule has 4 heteroatoms. The second-order valence-corrected chi connectivity index (χ2v) is 3.58. The fourth-order valence-corrected chi connectivity index (χ4v) is 1.74. The van der Waals surface area contributed by atoms with Crippen LogP contribution in [0.3, 0.4) is 0 Å². The van der Waals surface area contributed by atoms with Gasteiger partial charge in [-0.2, -0.15) is 5.26 Å². The number of hydrogen-bond donors (Lipinski definition) is 0. The minimum Gasteiger partial charge on any atom is -0.487 e. The highest BCUT2D eigenvalue weighted by Gasteiger charge is 2.22. The third kappa shape index (κ3) is 1.86. The summed E-state index contributed by atoms with van der Waals surface area (Å²) in [4.78, 5) is 1.83. The summed E-state index contributed by atoms with van der Waals surface area (Å²) in [5, 5.41) is 8.67. The summed E-state index contributed by atoms with van der Waals surface area (Å²) >= 11 is 0. The molecule has 78 valence electrons. The van der Waals surface area contributed by atoms with Crippen molar-refractivity contribution >= 4 is 5.69 Å². The molecule has 0 radical (unpaired) electrons. The SMILES string of the molecule is CC1CN(CC#N)c2cc(F)ccc2O1. The lowest BCUT2D eigenvalue weighted by Crippen LogP contribution is -2.38. The van der Waals surface area contributed by atoms with E-state index in [2.05, 4.69) is 6.07 Å². The largest absolute Gasteiger partial charge is 0.487 e. The smallest absolute Gasteiger partial charge is 0.143 e. The zero-order valence-corrected chi connectivity index (χ0v) is 8.40. The molecule has 1 atom stereocenters. The van der Waals surface area contributed by atoms with Crippen molar-refractivity contribution < 1.29 is 9.13 Å². The molecule has 0 spiro atoms. The van der Waals surface area contributed by atoms with Gasteiger partial charge in [-0.1, -0.05) is 0 Å². The summed E-state index contributed by atoms with van der Waals surface area (Å²) in [6.07, 6.45) is 0.0244. The lowest BCUT2D eigenvalue weighted by Gasteiger charge is -2.33. The summed E-state index contributed by atoms with van der Waals surface area (Å²) < 4.78 is 18.6. The summed E-state index contributed by atoms with van der Waals surface area (Å²) in [6, 6.07) is 6.43. The first-order valence-corrected chi connectivity index (χ1v) is 4.79. The fourth-order valence-electron chi connectivity index (χ4n) is 1.74. The van der Waals surface area contributed by atoms with E-state index in [-0.39, 0.29) is 18.5 Å². The van der Waals surface area contributed by atoms with Crippen LogP contribution < -0.4 is 9.64 Å². The zero-order chi connectivity index (χ0) is 10.8. The maximum atomic E-state index is 13.0. The Hall–Kier alpha value is -1.76. The molecule has 0 aromatic heterocycles. The predicted octanol–water partition coefficient (Wildman–Crippen LogP) is 1.94. The average molecular weight is 206 g/mol. The van der Waals surface area contributed by atoms with E-state index >= 15 is 0 Å². The molecular weight excluding hydrogens is 195 g/mol. The molecule has 0 N–H and O–H groups in total. The molecule has 1 aromatic carbocycles. The standard InChI is InChI=1S/C11H11FN2O/c1-8-7-14(5-4-13)10-6-9(12)2-3-11(10)15-8/h2-3,6,8H,5,7H2,1H3. The van der Waals surface area contributed by atoms with Crippen LogP contribution in [0.1, 0.15) is 6.92 Å². The van der Waals surface area contributed by atoms with E-state index in [1.807, 2.05) is 11.8 Å². The Morgan fingerprint density at radius 3 is 3.20 bits per heavy atom. The molecule has 0 fully saturated rings. The summed E-state index contributed by atoms with van der Waals surface area (Å²) in [7, 11) is 0. The van der Waals surface area contributed by atoms with E-state index in [0.717, 1.165) is 0 Å². The van der Waals surface area contributed by atoms with Crippen LogP contribution in [0.4, 0.5) is 10.1 Å². The fraction of sp³-hybridized carbons (Fsp3) is 0.364. The van der Waals surface area contributed by atoms with Gasteiger partial charge in [-0.15, -0.1) is 0 Å². The van der Waals surface area contributed by atoms with Gasteiger partial charge in [-0.3, -0.25) is 0 Å². The van der Waals surface area contributed by atoms with E-state index in [1.54, 1.807) is 6.07 Å². The number of nitrogens with zero attached hydrogens (tertiary/aromatic N) is 2. The molecule has 0 saturated carbocycles. The molecule has 0 amide bonds. The average Bonchev–Trinajstić information content (AvgIpc) is 2.19. The Bertz CT molecular complexity index is 414. The third-order valence-corrected chi connectivity index (χ3v) is 2.33. The van der Waals surface area contributed by atoms with Crippen molar-refractivity contribution in [1.29, 1.82) is 5.26 Å². The van der Waals surface area contributed by atoms with Gasteiger partial charge in [0.05, 0.1) is 18.3 Å². The molecule has 1 aliphatic rings. The molecule has 1 aliphatic heterocycles. The molecule has 1 heterocycles. The van der Waals surface area contributed by atoms with Crippen LogP contribution >= 0.6 is 0 Å². The van der Waals surface area contributed by atoms with E-state index in [9.17, 15) is 4.39 Å². The topological polar surface area (TPSA) is 36.3 Å². The molecule has 0 aliphatic carbocycles. The van der Waals surface area contributed by atoms with Crippen molar-refractivity contribution in [3.05, 3.63) is 24.0 Å². The van der Waals surface area contributed by atoms with E-state index in [1.165, 1.54) is 12.1 Å². The van der Waals surface area contributed by atoms with Crippen LogP contribution in [0, 0.1) is 17.1 Å². The van der Waals surface area contributed by atoms with Crippen LogP contribution in [0.5, 0.6) is 5.75 Å². The molecule has 1 unspecified atom stereocenters. The minimum absolute atomic E-state index is 0.0244. The molecular formula is C11H11FN2O. The maximum Gasteiger partial charge on any atom is 0.143 e. The van der Waals surface area contributed by atoms with Crippen molar-refractivity contribution in [2.24, 2.45) is 0 Å². The number of rotatable bonds is 1. The lowest BCUT2D eigenvalue weighted by atomic mass is 10.2. The van der Waals surface area contributed by atoms with E-state index < -0.39 is 0 Å². The molecule has 1 aromatic rings. The molecule has 3 nitrogen and oxygen atoms in total. The van der Waals surface area contributed by atoms with Gasteiger partial charge in [0.15, 0.2) is 0 Å². The normalized spacial score (nSPS) is 19.0. The number of anilines is 1. The second kappa shape index (κ2) is 3.77. The monoisotopic (exact) mass is 206 g/mol. The highest BCUT2D eigenvalue weighted by molar-refractivity contribution is 5.60. The Morgan fingerprint density at radius 1 is 1.67 bits per heavy atom. The number of ether oxygens (including phenoxy) is 1. The number of fused-ring (bicyclic) bond motifs is 1. The second-order valence-electron chi connectivity index (χ2n) is 3.58. The van der Waals surface area contributed by atoms with Crippen molar-refractivity contribution in [2.45, 2.75) is 13.0 Å². The number of benzene rings is 1. The van der Waals surface area contributed by atoms with Crippen LogP contribution in [0.2, 0.25) is 0 Å². The first-order valence-electron chi connectivity index (χ1n) is 4.79. The van der Waals surface area contributed by atoms with Gasteiger partial charge >= 0.3 is 0 Å². The Kier molecular flexibility index (Phi) is 2.46. The number of halogens is 1. The molecule has 0 saturated heterocycles. The van der Waals surface area contributed by atoms with Gasteiger partial charge in [-0.05, 0) is 19.1 Å². The first-order chi connectivity index (χ1) is 7.20.